The molecule has 0 atom stereocenters. The Balaban J connectivity index is 1.74. The maximum absolute atomic E-state index is 13.5. The highest BCUT2D eigenvalue weighted by atomic mass is 35.5. The minimum Gasteiger partial charge on any atom is -0.301 e. The average Bonchev–Trinajstić information content (AvgIpc) is 3.39. The summed E-state index contributed by atoms with van der Waals surface area (Å²) in [5.41, 5.74) is 3.61. The van der Waals surface area contributed by atoms with Crippen LogP contribution >= 0.6 is 35.2 Å². The molecule has 0 aliphatic carbocycles. The molecule has 0 saturated heterocycles. The van der Waals surface area contributed by atoms with Crippen LogP contribution in [0.3, 0.4) is 0 Å². The van der Waals surface area contributed by atoms with E-state index >= 15 is 0 Å². The van der Waals surface area contributed by atoms with Crippen LogP contribution in [0, 0.1) is 11.3 Å². The van der Waals surface area contributed by atoms with Crippen LogP contribution in [0.15, 0.2) is 72.7 Å². The maximum Gasteiger partial charge on any atom is 0.426 e. The number of aromatic nitrogens is 2. The summed E-state index contributed by atoms with van der Waals surface area (Å²) in [6.45, 7) is 4.61. The van der Waals surface area contributed by atoms with Crippen LogP contribution in [0.4, 0.5) is 24.5 Å². The molecule has 1 N–H and O–H groups in total. The number of rotatable bonds is 10. The van der Waals surface area contributed by atoms with E-state index < -0.39 is 12.7 Å². The number of benzene rings is 2. The van der Waals surface area contributed by atoms with Crippen molar-refractivity contribution in [2.45, 2.75) is 26.3 Å². The molecular formula is C29H26Cl2F3N4O5S+. The van der Waals surface area contributed by atoms with E-state index in [2.05, 4.69) is 27.2 Å². The fourth-order valence-electron chi connectivity index (χ4n) is 4.55. The van der Waals surface area contributed by atoms with Gasteiger partial charge in [-0.15, -0.1) is 4.33 Å². The van der Waals surface area contributed by atoms with Crippen molar-refractivity contribution in [2.24, 2.45) is 7.05 Å². The number of anilines is 2. The monoisotopic (exact) mass is 669 g/mol. The molecule has 0 bridgehead atoms. The summed E-state index contributed by atoms with van der Waals surface area (Å²) in [4.78, 5) is 13.2. The fraction of sp³-hybridized carbons (Fsp3) is 0.207. The van der Waals surface area contributed by atoms with Crippen LogP contribution in [0.2, 0.25) is 10.0 Å². The first-order valence-corrected chi connectivity index (χ1v) is 14.1. The molecule has 0 spiro atoms. The number of hydrogen-bond donors (Lipinski definition) is 1. The molecule has 0 fully saturated rings. The summed E-state index contributed by atoms with van der Waals surface area (Å²) in [5.74, 6) is 0.880. The van der Waals surface area contributed by atoms with Crippen LogP contribution in [0.5, 0.6) is 0 Å². The van der Waals surface area contributed by atoms with E-state index in [0.29, 0.717) is 67.3 Å². The number of fused-ring (bicyclic) bond motifs is 2. The van der Waals surface area contributed by atoms with Crippen LogP contribution in [0.1, 0.15) is 18.3 Å². The van der Waals surface area contributed by atoms with E-state index in [4.69, 9.17) is 38.2 Å². The molecule has 2 aromatic carbocycles. The highest BCUT2D eigenvalue weighted by molar-refractivity contribution is 7.99. The first kappa shape index (κ1) is 33.4. The van der Waals surface area contributed by atoms with Gasteiger partial charge in [0, 0.05) is 45.2 Å². The Morgan fingerprint density at radius 1 is 1.20 bits per heavy atom. The zero-order valence-electron chi connectivity index (χ0n) is 23.6. The lowest BCUT2D eigenvalue weighted by atomic mass is 10.1. The van der Waals surface area contributed by atoms with Gasteiger partial charge in [0.25, 0.3) is 5.82 Å². The highest BCUT2D eigenvalue weighted by Gasteiger charge is 2.35. The maximum atomic E-state index is 13.5. The van der Waals surface area contributed by atoms with Crippen LogP contribution < -0.4 is 14.4 Å². The Hall–Kier alpha value is -3.45. The molecule has 44 heavy (non-hydrogen) atoms. The van der Waals surface area contributed by atoms with E-state index in [0.717, 1.165) is 0 Å². The van der Waals surface area contributed by atoms with E-state index in [1.807, 2.05) is 0 Å². The number of alkyl halides is 3. The standard InChI is InChI=1S/C29H25Cl2F3N4O5S/c1-5-36-26-16-22(31)20(17-41-40-4)14-24(26)37(12-13-44-43-42-39)28(36)11-7-19(2)6-10-27-35(3)23-9-8-21(30)15-25(23)38(27)18-29(32,33)34/h5-11,14-16H,1,17-18H2,2-4H3/p+1. The van der Waals surface area contributed by atoms with Gasteiger partial charge in [-0.3, -0.25) is 4.90 Å². The fourth-order valence-corrected chi connectivity index (χ4v) is 5.13. The number of aryl methyl sites for hydroxylation is 1. The molecule has 232 valence electrons. The van der Waals surface area contributed by atoms with Crippen molar-refractivity contribution in [1.82, 2.24) is 4.57 Å². The van der Waals surface area contributed by atoms with E-state index in [1.54, 1.807) is 83.1 Å². The highest BCUT2D eigenvalue weighted by Crippen LogP contribution is 2.44. The van der Waals surface area contributed by atoms with Gasteiger partial charge < -0.3 is 4.90 Å². The Labute approximate surface area is 265 Å². The number of imidazole rings is 1. The molecule has 0 radical (unpaired) electrons. The largest absolute Gasteiger partial charge is 0.426 e. The third-order valence-electron chi connectivity index (χ3n) is 6.44. The predicted octanol–water partition coefficient (Wildman–Crippen LogP) is 7.67. The number of allylic oxidation sites excluding steroid dienone is 4. The molecule has 2 heterocycles. The van der Waals surface area contributed by atoms with Crippen molar-refractivity contribution in [3.05, 3.63) is 94.2 Å². The summed E-state index contributed by atoms with van der Waals surface area (Å²) < 4.78 is 47.8. The van der Waals surface area contributed by atoms with Crippen molar-refractivity contribution >= 4 is 63.7 Å². The quantitative estimate of drug-likeness (QED) is 0.0449. The Morgan fingerprint density at radius 3 is 2.66 bits per heavy atom. The lowest BCUT2D eigenvalue weighted by Crippen LogP contribution is -2.32. The zero-order valence-corrected chi connectivity index (χ0v) is 25.9. The van der Waals surface area contributed by atoms with Crippen LogP contribution in [-0.2, 0) is 39.3 Å². The van der Waals surface area contributed by atoms with Gasteiger partial charge in [0.1, 0.15) is 24.5 Å². The van der Waals surface area contributed by atoms with E-state index in [9.17, 15) is 13.2 Å². The molecular weight excluding hydrogens is 644 g/mol. The normalized spacial score (nSPS) is 14.6. The number of halogens is 5. The second-order valence-corrected chi connectivity index (χ2v) is 10.6. The van der Waals surface area contributed by atoms with Crippen molar-refractivity contribution in [1.29, 1.82) is 0 Å². The molecule has 0 unspecified atom stereocenters. The number of nitrogens with zero attached hydrogens (tertiary/aromatic N) is 4. The molecule has 0 saturated carbocycles. The lowest BCUT2D eigenvalue weighted by molar-refractivity contribution is -0.647. The Kier molecular flexibility index (Phi) is 11.1. The topological polar surface area (TPSA) is 72.4 Å². The van der Waals surface area contributed by atoms with Gasteiger partial charge in [0.05, 0.1) is 25.5 Å². The molecule has 1 aromatic heterocycles. The van der Waals surface area contributed by atoms with Crippen molar-refractivity contribution in [3.8, 4) is 11.3 Å². The smallest absolute Gasteiger partial charge is 0.301 e. The van der Waals surface area contributed by atoms with Gasteiger partial charge in [-0.1, -0.05) is 52.5 Å². The van der Waals surface area contributed by atoms with Crippen molar-refractivity contribution in [3.63, 3.8) is 0 Å². The predicted molar refractivity (Wildman–Crippen MR) is 164 cm³/mol. The zero-order chi connectivity index (χ0) is 32.0. The second kappa shape index (κ2) is 14.6. The average molecular weight is 671 g/mol. The molecule has 1 aliphatic rings. The number of hydrogen-bond acceptors (Lipinski definition) is 8. The molecule has 9 nitrogen and oxygen atoms in total. The van der Waals surface area contributed by atoms with E-state index in [-0.39, 0.29) is 6.61 Å². The molecule has 3 aromatic rings. The summed E-state index contributed by atoms with van der Waals surface area (Å²) in [7, 11) is 3.08. The van der Waals surface area contributed by atoms with E-state index in [1.165, 1.54) is 17.7 Å². The molecule has 0 amide bonds. The Morgan fingerprint density at radius 2 is 1.98 bits per heavy atom. The first-order chi connectivity index (χ1) is 21.0. The van der Waals surface area contributed by atoms with Crippen LogP contribution in [-0.4, -0.2) is 23.1 Å². The summed E-state index contributed by atoms with van der Waals surface area (Å²) in [6, 6.07) is 11.2. The molecule has 15 heteroatoms. The van der Waals surface area contributed by atoms with Gasteiger partial charge in [0.2, 0.25) is 0 Å². The molecule has 1 aliphatic heterocycles. The third-order valence-corrected chi connectivity index (χ3v) is 7.33. The Bertz CT molecular complexity index is 1710. The van der Waals surface area contributed by atoms with Gasteiger partial charge in [-0.25, -0.2) is 24.2 Å². The van der Waals surface area contributed by atoms with Crippen molar-refractivity contribution < 1.29 is 42.1 Å². The third kappa shape index (κ3) is 7.60. The summed E-state index contributed by atoms with van der Waals surface area (Å²) in [6.07, 6.45) is 3.98. The van der Waals surface area contributed by atoms with Gasteiger partial charge >= 0.3 is 6.18 Å². The lowest BCUT2D eigenvalue weighted by Gasteiger charge is -2.17. The van der Waals surface area contributed by atoms with Gasteiger partial charge in [0.15, 0.2) is 17.6 Å². The minimum atomic E-state index is -4.44. The second-order valence-electron chi connectivity index (χ2n) is 9.21. The van der Waals surface area contributed by atoms with Gasteiger partial charge in [-0.2, -0.15) is 13.2 Å². The summed E-state index contributed by atoms with van der Waals surface area (Å²) in [5, 5.41) is 15.5. The SMILES string of the molecule is C=CN1\C(=C/C=C(C)/C=C/c2n(CC(F)(F)F)c3cc(Cl)ccc3[n+]2C)N(C#CSOOO)c2cc(COOC)c(Cl)cc21. The van der Waals surface area contributed by atoms with Crippen molar-refractivity contribution in [2.75, 3.05) is 16.9 Å². The molecule has 4 rings (SSSR count). The summed E-state index contributed by atoms with van der Waals surface area (Å²) >= 11 is 13.1. The minimum absolute atomic E-state index is 0.0751. The van der Waals surface area contributed by atoms with Crippen LogP contribution in [0.25, 0.3) is 17.1 Å². The first-order valence-electron chi connectivity index (χ1n) is 12.6. The van der Waals surface area contributed by atoms with Gasteiger partial charge in [-0.05, 0) is 37.3 Å².